The zero-order chi connectivity index (χ0) is 9.84. The van der Waals surface area contributed by atoms with Crippen LogP contribution in [0.15, 0.2) is 18.3 Å². The number of hydrogen-bond donors (Lipinski definition) is 1. The van der Waals surface area contributed by atoms with E-state index in [9.17, 15) is 0 Å². The SMILES string of the molecule is COc1ncccc1[C@H](N)C(C)C. The van der Waals surface area contributed by atoms with Crippen molar-refractivity contribution in [3.8, 4) is 5.88 Å². The number of rotatable bonds is 3. The minimum absolute atomic E-state index is 0.0105. The van der Waals surface area contributed by atoms with Crippen LogP contribution in [0.4, 0.5) is 0 Å². The number of hydrogen-bond acceptors (Lipinski definition) is 3. The van der Waals surface area contributed by atoms with Crippen molar-refractivity contribution in [2.24, 2.45) is 11.7 Å². The van der Waals surface area contributed by atoms with Crippen molar-refractivity contribution < 1.29 is 4.74 Å². The zero-order valence-electron chi connectivity index (χ0n) is 8.32. The molecule has 0 aliphatic carbocycles. The summed E-state index contributed by atoms with van der Waals surface area (Å²) in [7, 11) is 1.61. The minimum Gasteiger partial charge on any atom is -0.481 e. The molecule has 0 aliphatic heterocycles. The fraction of sp³-hybridized carbons (Fsp3) is 0.500. The van der Waals surface area contributed by atoms with Crippen molar-refractivity contribution in [2.75, 3.05) is 7.11 Å². The van der Waals surface area contributed by atoms with Gasteiger partial charge in [-0.15, -0.1) is 0 Å². The van der Waals surface area contributed by atoms with Crippen LogP contribution in [-0.4, -0.2) is 12.1 Å². The van der Waals surface area contributed by atoms with E-state index in [1.165, 1.54) is 0 Å². The lowest BCUT2D eigenvalue weighted by atomic mass is 9.98. The Kier molecular flexibility index (Phi) is 3.25. The third-order valence-electron chi connectivity index (χ3n) is 2.07. The number of nitrogens with zero attached hydrogens (tertiary/aromatic N) is 1. The first-order chi connectivity index (χ1) is 6.16. The standard InChI is InChI=1S/C10H16N2O/c1-7(2)9(11)8-5-4-6-12-10(8)13-3/h4-7,9H,11H2,1-3H3/t9-/m1/s1. The molecule has 0 saturated carbocycles. The highest BCUT2D eigenvalue weighted by Gasteiger charge is 2.15. The van der Waals surface area contributed by atoms with Gasteiger partial charge in [0.2, 0.25) is 5.88 Å². The lowest BCUT2D eigenvalue weighted by Gasteiger charge is -2.17. The average Bonchev–Trinajstić information content (AvgIpc) is 2.16. The van der Waals surface area contributed by atoms with Crippen molar-refractivity contribution in [3.63, 3.8) is 0 Å². The first-order valence-corrected chi connectivity index (χ1v) is 4.41. The molecule has 3 nitrogen and oxygen atoms in total. The van der Waals surface area contributed by atoms with E-state index in [4.69, 9.17) is 10.5 Å². The Balaban J connectivity index is 2.98. The van der Waals surface area contributed by atoms with E-state index >= 15 is 0 Å². The van der Waals surface area contributed by atoms with Crippen molar-refractivity contribution in [1.29, 1.82) is 0 Å². The lowest BCUT2D eigenvalue weighted by molar-refractivity contribution is 0.380. The lowest BCUT2D eigenvalue weighted by Crippen LogP contribution is -2.17. The molecule has 1 aromatic heterocycles. The van der Waals surface area contributed by atoms with Gasteiger partial charge in [0.1, 0.15) is 0 Å². The summed E-state index contributed by atoms with van der Waals surface area (Å²) in [6, 6.07) is 3.82. The van der Waals surface area contributed by atoms with Gasteiger partial charge in [-0.1, -0.05) is 19.9 Å². The molecule has 0 aliphatic rings. The summed E-state index contributed by atoms with van der Waals surface area (Å²) in [5.74, 6) is 1.02. The Morgan fingerprint density at radius 2 is 2.15 bits per heavy atom. The minimum atomic E-state index is -0.0105. The van der Waals surface area contributed by atoms with Crippen molar-refractivity contribution in [3.05, 3.63) is 23.9 Å². The Morgan fingerprint density at radius 3 is 2.69 bits per heavy atom. The smallest absolute Gasteiger partial charge is 0.217 e. The molecule has 0 saturated heterocycles. The van der Waals surface area contributed by atoms with Gasteiger partial charge in [0.05, 0.1) is 7.11 Å². The van der Waals surface area contributed by atoms with Gasteiger partial charge in [-0.25, -0.2) is 4.98 Å². The van der Waals surface area contributed by atoms with Gasteiger partial charge in [0.25, 0.3) is 0 Å². The number of aromatic nitrogens is 1. The van der Waals surface area contributed by atoms with E-state index in [0.29, 0.717) is 11.8 Å². The number of methoxy groups -OCH3 is 1. The second kappa shape index (κ2) is 4.23. The number of nitrogens with two attached hydrogens (primary N) is 1. The topological polar surface area (TPSA) is 48.1 Å². The maximum atomic E-state index is 5.99. The van der Waals surface area contributed by atoms with Gasteiger partial charge < -0.3 is 10.5 Å². The van der Waals surface area contributed by atoms with Crippen LogP contribution in [0, 0.1) is 5.92 Å². The molecule has 1 aromatic rings. The van der Waals surface area contributed by atoms with Gasteiger partial charge in [-0.2, -0.15) is 0 Å². The number of pyridine rings is 1. The maximum absolute atomic E-state index is 5.99. The highest BCUT2D eigenvalue weighted by Crippen LogP contribution is 2.25. The molecule has 0 aromatic carbocycles. The van der Waals surface area contributed by atoms with Crippen LogP contribution in [0.1, 0.15) is 25.5 Å². The van der Waals surface area contributed by atoms with E-state index in [2.05, 4.69) is 18.8 Å². The largest absolute Gasteiger partial charge is 0.481 e. The molecule has 1 atom stereocenters. The van der Waals surface area contributed by atoms with Gasteiger partial charge in [0, 0.05) is 17.8 Å². The van der Waals surface area contributed by atoms with Crippen LogP contribution in [0.5, 0.6) is 5.88 Å². The third-order valence-corrected chi connectivity index (χ3v) is 2.07. The van der Waals surface area contributed by atoms with Crippen LogP contribution in [0.3, 0.4) is 0 Å². The Bertz CT molecular complexity index is 273. The summed E-state index contributed by atoms with van der Waals surface area (Å²) >= 11 is 0. The quantitative estimate of drug-likeness (QED) is 0.770. The van der Waals surface area contributed by atoms with Crippen LogP contribution in [-0.2, 0) is 0 Å². The Morgan fingerprint density at radius 1 is 1.46 bits per heavy atom. The Hall–Kier alpha value is -1.09. The highest BCUT2D eigenvalue weighted by molar-refractivity contribution is 5.28. The summed E-state index contributed by atoms with van der Waals surface area (Å²) in [6.07, 6.45) is 1.70. The molecule has 0 amide bonds. The molecule has 2 N–H and O–H groups in total. The van der Waals surface area contributed by atoms with Crippen LogP contribution in [0.2, 0.25) is 0 Å². The maximum Gasteiger partial charge on any atom is 0.217 e. The van der Waals surface area contributed by atoms with Gasteiger partial charge in [-0.05, 0) is 12.0 Å². The summed E-state index contributed by atoms with van der Waals surface area (Å²) < 4.78 is 5.13. The Labute approximate surface area is 78.9 Å². The second-order valence-corrected chi connectivity index (χ2v) is 3.37. The summed E-state index contributed by atoms with van der Waals surface area (Å²) in [4.78, 5) is 4.10. The molecule has 1 rings (SSSR count). The van der Waals surface area contributed by atoms with Crippen molar-refractivity contribution in [2.45, 2.75) is 19.9 Å². The monoisotopic (exact) mass is 180 g/mol. The van der Waals surface area contributed by atoms with E-state index < -0.39 is 0 Å². The summed E-state index contributed by atoms with van der Waals surface area (Å²) in [5, 5.41) is 0. The van der Waals surface area contributed by atoms with Gasteiger partial charge >= 0.3 is 0 Å². The molecular formula is C10H16N2O. The first kappa shape index (κ1) is 9.99. The third kappa shape index (κ3) is 2.18. The van der Waals surface area contributed by atoms with Crippen LogP contribution >= 0.6 is 0 Å². The van der Waals surface area contributed by atoms with Crippen molar-refractivity contribution >= 4 is 0 Å². The zero-order valence-corrected chi connectivity index (χ0v) is 8.32. The van der Waals surface area contributed by atoms with Crippen LogP contribution in [0.25, 0.3) is 0 Å². The number of ether oxygens (including phenoxy) is 1. The molecular weight excluding hydrogens is 164 g/mol. The molecule has 0 radical (unpaired) electrons. The molecule has 0 bridgehead atoms. The predicted molar refractivity (Wildman–Crippen MR) is 52.6 cm³/mol. The second-order valence-electron chi connectivity index (χ2n) is 3.37. The summed E-state index contributed by atoms with van der Waals surface area (Å²) in [6.45, 7) is 4.16. The van der Waals surface area contributed by atoms with Crippen molar-refractivity contribution in [1.82, 2.24) is 4.98 Å². The molecule has 1 heterocycles. The first-order valence-electron chi connectivity index (χ1n) is 4.41. The summed E-state index contributed by atoms with van der Waals surface area (Å²) in [5.41, 5.74) is 6.97. The molecule has 0 fully saturated rings. The molecule has 0 spiro atoms. The fourth-order valence-corrected chi connectivity index (χ4v) is 1.19. The van der Waals surface area contributed by atoms with E-state index in [1.807, 2.05) is 12.1 Å². The molecule has 13 heavy (non-hydrogen) atoms. The average molecular weight is 180 g/mol. The molecule has 3 heteroatoms. The van der Waals surface area contributed by atoms with E-state index in [0.717, 1.165) is 5.56 Å². The predicted octanol–water partition coefficient (Wildman–Crippen LogP) is 1.75. The van der Waals surface area contributed by atoms with E-state index in [1.54, 1.807) is 13.3 Å². The van der Waals surface area contributed by atoms with Gasteiger partial charge in [0.15, 0.2) is 0 Å². The van der Waals surface area contributed by atoms with Gasteiger partial charge in [-0.3, -0.25) is 0 Å². The molecule has 0 unspecified atom stereocenters. The molecule has 72 valence electrons. The normalized spacial score (nSPS) is 13.0. The fourth-order valence-electron chi connectivity index (χ4n) is 1.19. The van der Waals surface area contributed by atoms with E-state index in [-0.39, 0.29) is 6.04 Å². The van der Waals surface area contributed by atoms with Crippen LogP contribution < -0.4 is 10.5 Å². The highest BCUT2D eigenvalue weighted by atomic mass is 16.5.